The first-order chi connectivity index (χ1) is 7.67. The third kappa shape index (κ3) is 3.83. The molecule has 1 amide bonds. The van der Waals surface area contributed by atoms with Crippen LogP contribution in [0.5, 0.6) is 0 Å². The van der Waals surface area contributed by atoms with Crippen molar-refractivity contribution < 1.29 is 9.53 Å². The van der Waals surface area contributed by atoms with Crippen molar-refractivity contribution in [1.29, 1.82) is 0 Å². The minimum absolute atomic E-state index is 0.209. The van der Waals surface area contributed by atoms with Crippen molar-refractivity contribution in [3.63, 3.8) is 0 Å². The van der Waals surface area contributed by atoms with E-state index >= 15 is 0 Å². The van der Waals surface area contributed by atoms with E-state index in [2.05, 4.69) is 11.5 Å². The molecule has 0 aromatic heterocycles. The van der Waals surface area contributed by atoms with Crippen LogP contribution in [0.15, 0.2) is 12.2 Å². The van der Waals surface area contributed by atoms with Gasteiger partial charge in [-0.1, -0.05) is 6.58 Å². The second-order valence-corrected chi connectivity index (χ2v) is 3.92. The molecule has 1 heterocycles. The number of ether oxygens (including phenoxy) is 1. The van der Waals surface area contributed by atoms with Gasteiger partial charge in [0.15, 0.2) is 0 Å². The summed E-state index contributed by atoms with van der Waals surface area (Å²) in [6.07, 6.45) is -0.209. The van der Waals surface area contributed by atoms with Gasteiger partial charge >= 0.3 is 6.09 Å². The van der Waals surface area contributed by atoms with Gasteiger partial charge in [-0.2, -0.15) is 0 Å². The molecule has 0 bridgehead atoms. The SMILES string of the molecule is C=C(CN)CN1CCN(C(=O)OCC)CC1. The van der Waals surface area contributed by atoms with Gasteiger partial charge < -0.3 is 15.4 Å². The van der Waals surface area contributed by atoms with E-state index in [1.165, 1.54) is 0 Å². The zero-order valence-corrected chi connectivity index (χ0v) is 9.95. The van der Waals surface area contributed by atoms with Crippen molar-refractivity contribution in [2.75, 3.05) is 45.9 Å². The Kier molecular flexibility index (Phi) is 5.28. The fourth-order valence-electron chi connectivity index (χ4n) is 1.68. The standard InChI is InChI=1S/C11H21N3O2/c1-3-16-11(15)14-6-4-13(5-7-14)9-10(2)8-12/h2-9,12H2,1H3. The van der Waals surface area contributed by atoms with Gasteiger partial charge in [-0.05, 0) is 12.5 Å². The Morgan fingerprint density at radius 2 is 2.00 bits per heavy atom. The van der Waals surface area contributed by atoms with Gasteiger partial charge in [0.1, 0.15) is 0 Å². The molecular weight excluding hydrogens is 206 g/mol. The van der Waals surface area contributed by atoms with E-state index in [-0.39, 0.29) is 6.09 Å². The number of carbonyl (C=O) groups is 1. The molecule has 0 saturated carbocycles. The highest BCUT2D eigenvalue weighted by molar-refractivity contribution is 5.67. The van der Waals surface area contributed by atoms with Crippen LogP contribution in [-0.4, -0.2) is 61.8 Å². The lowest BCUT2D eigenvalue weighted by molar-refractivity contribution is 0.0819. The molecule has 16 heavy (non-hydrogen) atoms. The highest BCUT2D eigenvalue weighted by atomic mass is 16.6. The van der Waals surface area contributed by atoms with Crippen molar-refractivity contribution in [1.82, 2.24) is 9.80 Å². The normalized spacial score (nSPS) is 17.2. The average molecular weight is 227 g/mol. The van der Waals surface area contributed by atoms with E-state index < -0.39 is 0 Å². The molecule has 92 valence electrons. The summed E-state index contributed by atoms with van der Waals surface area (Å²) < 4.78 is 4.95. The lowest BCUT2D eigenvalue weighted by Crippen LogP contribution is -2.49. The zero-order valence-electron chi connectivity index (χ0n) is 9.95. The van der Waals surface area contributed by atoms with Crippen LogP contribution in [0.3, 0.4) is 0 Å². The summed E-state index contributed by atoms with van der Waals surface area (Å²) in [4.78, 5) is 15.4. The van der Waals surface area contributed by atoms with Gasteiger partial charge in [0.25, 0.3) is 0 Å². The van der Waals surface area contributed by atoms with E-state index in [0.29, 0.717) is 13.2 Å². The Morgan fingerprint density at radius 1 is 1.38 bits per heavy atom. The first-order valence-corrected chi connectivity index (χ1v) is 5.68. The minimum Gasteiger partial charge on any atom is -0.450 e. The maximum Gasteiger partial charge on any atom is 0.409 e. The molecule has 5 heteroatoms. The Labute approximate surface area is 96.8 Å². The van der Waals surface area contributed by atoms with Crippen LogP contribution in [0.25, 0.3) is 0 Å². The lowest BCUT2D eigenvalue weighted by Gasteiger charge is -2.34. The molecule has 0 aromatic carbocycles. The molecule has 1 fully saturated rings. The number of hydrogen-bond acceptors (Lipinski definition) is 4. The van der Waals surface area contributed by atoms with E-state index in [1.54, 1.807) is 4.90 Å². The van der Waals surface area contributed by atoms with Gasteiger partial charge in [0, 0.05) is 39.3 Å². The molecule has 0 aromatic rings. The second kappa shape index (κ2) is 6.50. The number of carbonyl (C=O) groups excluding carboxylic acids is 1. The molecule has 1 saturated heterocycles. The number of rotatable bonds is 4. The maximum atomic E-state index is 11.4. The van der Waals surface area contributed by atoms with Crippen LogP contribution in [0.2, 0.25) is 0 Å². The van der Waals surface area contributed by atoms with E-state index in [1.807, 2.05) is 6.92 Å². The monoisotopic (exact) mass is 227 g/mol. The van der Waals surface area contributed by atoms with E-state index in [0.717, 1.165) is 38.3 Å². The maximum absolute atomic E-state index is 11.4. The van der Waals surface area contributed by atoms with Crippen molar-refractivity contribution >= 4 is 6.09 Å². The molecule has 0 atom stereocenters. The van der Waals surface area contributed by atoms with E-state index in [9.17, 15) is 4.79 Å². The Morgan fingerprint density at radius 3 is 2.50 bits per heavy atom. The number of piperazine rings is 1. The van der Waals surface area contributed by atoms with Gasteiger partial charge in [0.2, 0.25) is 0 Å². The van der Waals surface area contributed by atoms with Crippen LogP contribution in [0.1, 0.15) is 6.92 Å². The largest absolute Gasteiger partial charge is 0.450 e. The van der Waals surface area contributed by atoms with Gasteiger partial charge in [-0.3, -0.25) is 4.90 Å². The van der Waals surface area contributed by atoms with Crippen LogP contribution < -0.4 is 5.73 Å². The summed E-state index contributed by atoms with van der Waals surface area (Å²) in [5.74, 6) is 0. The molecular formula is C11H21N3O2. The predicted molar refractivity (Wildman–Crippen MR) is 63.2 cm³/mol. The number of nitrogens with zero attached hydrogens (tertiary/aromatic N) is 2. The highest BCUT2D eigenvalue weighted by Crippen LogP contribution is 2.05. The van der Waals surface area contributed by atoms with Crippen molar-refractivity contribution in [2.24, 2.45) is 5.73 Å². The van der Waals surface area contributed by atoms with Crippen LogP contribution >= 0.6 is 0 Å². The molecule has 0 aliphatic carbocycles. The van der Waals surface area contributed by atoms with Crippen LogP contribution in [0, 0.1) is 0 Å². The van der Waals surface area contributed by atoms with Crippen LogP contribution in [-0.2, 0) is 4.74 Å². The second-order valence-electron chi connectivity index (χ2n) is 3.92. The third-order valence-corrected chi connectivity index (χ3v) is 2.63. The number of nitrogens with two attached hydrogens (primary N) is 1. The third-order valence-electron chi connectivity index (χ3n) is 2.63. The fourth-order valence-corrected chi connectivity index (χ4v) is 1.68. The van der Waals surface area contributed by atoms with Crippen molar-refractivity contribution in [2.45, 2.75) is 6.92 Å². The van der Waals surface area contributed by atoms with Crippen LogP contribution in [0.4, 0.5) is 4.79 Å². The number of hydrogen-bond donors (Lipinski definition) is 1. The van der Waals surface area contributed by atoms with Gasteiger partial charge in [0.05, 0.1) is 6.61 Å². The minimum atomic E-state index is -0.209. The molecule has 1 aliphatic heterocycles. The van der Waals surface area contributed by atoms with Gasteiger partial charge in [-0.15, -0.1) is 0 Å². The average Bonchev–Trinajstić information content (AvgIpc) is 2.30. The molecule has 0 spiro atoms. The Balaban J connectivity index is 2.28. The quantitative estimate of drug-likeness (QED) is 0.701. The fraction of sp³-hybridized carbons (Fsp3) is 0.727. The topological polar surface area (TPSA) is 58.8 Å². The number of amides is 1. The summed E-state index contributed by atoms with van der Waals surface area (Å²) in [6, 6.07) is 0. The summed E-state index contributed by atoms with van der Waals surface area (Å²) >= 11 is 0. The first-order valence-electron chi connectivity index (χ1n) is 5.68. The molecule has 0 radical (unpaired) electrons. The van der Waals surface area contributed by atoms with Crippen molar-refractivity contribution in [3.05, 3.63) is 12.2 Å². The summed E-state index contributed by atoms with van der Waals surface area (Å²) in [7, 11) is 0. The van der Waals surface area contributed by atoms with Crippen molar-refractivity contribution in [3.8, 4) is 0 Å². The van der Waals surface area contributed by atoms with Gasteiger partial charge in [-0.25, -0.2) is 4.79 Å². The highest BCUT2D eigenvalue weighted by Gasteiger charge is 2.21. The summed E-state index contributed by atoms with van der Waals surface area (Å²) in [5, 5.41) is 0. The molecule has 5 nitrogen and oxygen atoms in total. The summed E-state index contributed by atoms with van der Waals surface area (Å²) in [6.45, 7) is 10.6. The molecule has 2 N–H and O–H groups in total. The summed E-state index contributed by atoms with van der Waals surface area (Å²) in [5.41, 5.74) is 6.53. The molecule has 0 unspecified atom stereocenters. The van der Waals surface area contributed by atoms with E-state index in [4.69, 9.17) is 10.5 Å². The molecule has 1 rings (SSSR count). The Hall–Kier alpha value is -1.07. The zero-order chi connectivity index (χ0) is 12.0. The predicted octanol–water partition coefficient (Wildman–Crippen LogP) is 0.275. The first kappa shape index (κ1) is 13.0. The Bertz CT molecular complexity index is 248. The molecule has 1 aliphatic rings. The lowest BCUT2D eigenvalue weighted by atomic mass is 10.2. The smallest absolute Gasteiger partial charge is 0.409 e.